The lowest BCUT2D eigenvalue weighted by molar-refractivity contribution is -0.141. The van der Waals surface area contributed by atoms with Crippen molar-refractivity contribution in [3.63, 3.8) is 0 Å². The number of carbonyl (C=O) groups is 2. The fraction of sp³-hybridized carbons (Fsp3) is 0.375. The number of amides is 2. The van der Waals surface area contributed by atoms with Crippen LogP contribution in [-0.2, 0) is 26.2 Å². The molecule has 0 unspecified atom stereocenters. The molecule has 0 saturated heterocycles. The number of sulfonamides is 1. The van der Waals surface area contributed by atoms with Gasteiger partial charge in [-0.2, -0.15) is 0 Å². The highest BCUT2D eigenvalue weighted by Gasteiger charge is 2.34. The molecule has 0 aliphatic carbocycles. The Morgan fingerprint density at radius 2 is 1.43 bits per heavy atom. The largest absolute Gasteiger partial charge is 0.350 e. The topological polar surface area (TPSA) is 86.8 Å². The van der Waals surface area contributed by atoms with Gasteiger partial charge in [0.1, 0.15) is 12.6 Å². The van der Waals surface area contributed by atoms with Crippen LogP contribution in [0.2, 0.25) is 0 Å². The number of benzene rings is 3. The third-order valence-corrected chi connectivity index (χ3v) is 8.25. The van der Waals surface area contributed by atoms with Gasteiger partial charge in [0.15, 0.2) is 0 Å². The van der Waals surface area contributed by atoms with Crippen LogP contribution in [0, 0.1) is 20.8 Å². The summed E-state index contributed by atoms with van der Waals surface area (Å²) in [5.41, 5.74) is 3.59. The molecule has 8 heteroatoms. The van der Waals surface area contributed by atoms with E-state index in [1.165, 1.54) is 17.0 Å². The van der Waals surface area contributed by atoms with E-state index in [9.17, 15) is 18.0 Å². The molecule has 7 nitrogen and oxygen atoms in total. The normalized spacial score (nSPS) is 12.5. The first-order valence-corrected chi connectivity index (χ1v) is 15.0. The summed E-state index contributed by atoms with van der Waals surface area (Å²) in [4.78, 5) is 29.2. The molecule has 3 aromatic rings. The van der Waals surface area contributed by atoms with E-state index in [2.05, 4.69) is 5.32 Å². The van der Waals surface area contributed by atoms with E-state index in [0.717, 1.165) is 26.6 Å². The maximum Gasteiger partial charge on any atom is 0.264 e. The van der Waals surface area contributed by atoms with E-state index in [-0.39, 0.29) is 17.3 Å². The molecule has 0 radical (unpaired) electrons. The first-order valence-electron chi connectivity index (χ1n) is 13.5. The number of anilines is 1. The van der Waals surface area contributed by atoms with Gasteiger partial charge in [0.05, 0.1) is 10.6 Å². The molecule has 0 aliphatic rings. The lowest BCUT2D eigenvalue weighted by atomic mass is 10.1. The van der Waals surface area contributed by atoms with Gasteiger partial charge in [-0.3, -0.25) is 13.9 Å². The second-order valence-electron chi connectivity index (χ2n) is 11.3. The van der Waals surface area contributed by atoms with E-state index in [0.29, 0.717) is 12.1 Å². The summed E-state index contributed by atoms with van der Waals surface area (Å²) in [7, 11) is -4.09. The molecule has 1 atom stereocenters. The van der Waals surface area contributed by atoms with Crippen LogP contribution in [-0.4, -0.2) is 43.3 Å². The molecule has 3 rings (SSSR count). The Labute approximate surface area is 239 Å². The minimum Gasteiger partial charge on any atom is -0.350 e. The van der Waals surface area contributed by atoms with Gasteiger partial charge in [-0.15, -0.1) is 0 Å². The molecule has 40 heavy (non-hydrogen) atoms. The molecule has 1 N–H and O–H groups in total. The van der Waals surface area contributed by atoms with Crippen molar-refractivity contribution >= 4 is 27.5 Å². The average Bonchev–Trinajstić information content (AvgIpc) is 2.87. The molecule has 3 aromatic carbocycles. The predicted molar refractivity (Wildman–Crippen MR) is 161 cm³/mol. The van der Waals surface area contributed by atoms with Crippen LogP contribution in [0.3, 0.4) is 0 Å². The SMILES string of the molecule is CC[C@H](C(=O)NC(C)(C)C)N(Cc1ccc(C)cc1)C(=O)CN(c1cc(C)cc(C)c1)S(=O)(=O)c1ccccc1. The Bertz CT molecular complexity index is 1410. The Hall–Kier alpha value is -3.65. The van der Waals surface area contributed by atoms with Crippen LogP contribution in [0.1, 0.15) is 56.4 Å². The Morgan fingerprint density at radius 3 is 1.95 bits per heavy atom. The van der Waals surface area contributed by atoms with Gasteiger partial charge < -0.3 is 10.2 Å². The number of rotatable bonds is 10. The number of carbonyl (C=O) groups excluding carboxylic acids is 2. The highest BCUT2D eigenvalue weighted by atomic mass is 32.2. The molecule has 0 spiro atoms. The van der Waals surface area contributed by atoms with Crippen LogP contribution < -0.4 is 9.62 Å². The molecular weight excluding hydrogens is 522 g/mol. The van der Waals surface area contributed by atoms with Gasteiger partial charge in [0.2, 0.25) is 11.8 Å². The van der Waals surface area contributed by atoms with Crippen molar-refractivity contribution in [3.8, 4) is 0 Å². The quantitative estimate of drug-likeness (QED) is 0.352. The smallest absolute Gasteiger partial charge is 0.264 e. The summed E-state index contributed by atoms with van der Waals surface area (Å²) in [5, 5.41) is 2.99. The van der Waals surface area contributed by atoms with Gasteiger partial charge in [-0.25, -0.2) is 8.42 Å². The third kappa shape index (κ3) is 7.94. The summed E-state index contributed by atoms with van der Waals surface area (Å²) in [6.45, 7) is 13.0. The third-order valence-electron chi connectivity index (χ3n) is 6.46. The minimum absolute atomic E-state index is 0.0876. The van der Waals surface area contributed by atoms with Crippen molar-refractivity contribution < 1.29 is 18.0 Å². The molecule has 0 fully saturated rings. The highest BCUT2D eigenvalue weighted by Crippen LogP contribution is 2.27. The molecule has 0 saturated carbocycles. The van der Waals surface area contributed by atoms with Gasteiger partial charge in [0, 0.05) is 12.1 Å². The Kier molecular flexibility index (Phi) is 9.79. The Morgan fingerprint density at radius 1 is 0.850 bits per heavy atom. The zero-order valence-corrected chi connectivity index (χ0v) is 25.4. The molecule has 0 heterocycles. The number of hydrogen-bond donors (Lipinski definition) is 1. The lowest BCUT2D eigenvalue weighted by Gasteiger charge is -2.35. The van der Waals surface area contributed by atoms with Crippen molar-refractivity contribution in [2.75, 3.05) is 10.8 Å². The number of nitrogens with zero attached hydrogens (tertiary/aromatic N) is 2. The first-order chi connectivity index (χ1) is 18.7. The molecule has 2 amide bonds. The van der Waals surface area contributed by atoms with E-state index in [4.69, 9.17) is 0 Å². The average molecular weight is 564 g/mol. The van der Waals surface area contributed by atoms with E-state index < -0.39 is 34.1 Å². The van der Waals surface area contributed by atoms with Gasteiger partial charge >= 0.3 is 0 Å². The van der Waals surface area contributed by atoms with Crippen LogP contribution >= 0.6 is 0 Å². The standard InChI is InChI=1S/C32H41N3O4S/c1-8-29(31(37)33-32(5,6)7)34(21-26-16-14-23(2)15-17-26)30(36)22-35(27-19-24(3)18-25(4)20-27)40(38,39)28-12-10-9-11-13-28/h9-20,29H,8,21-22H2,1-7H3,(H,33,37)/t29-/m1/s1. The van der Waals surface area contributed by atoms with Crippen LogP contribution in [0.25, 0.3) is 0 Å². The molecular formula is C32H41N3O4S. The molecule has 0 aromatic heterocycles. The fourth-order valence-corrected chi connectivity index (χ4v) is 6.02. The molecule has 0 bridgehead atoms. The number of hydrogen-bond acceptors (Lipinski definition) is 4. The van der Waals surface area contributed by atoms with Gasteiger partial charge in [-0.05, 0) is 88.9 Å². The van der Waals surface area contributed by atoms with E-state index in [1.807, 2.05) is 78.8 Å². The van der Waals surface area contributed by atoms with Gasteiger partial charge in [0.25, 0.3) is 10.0 Å². The zero-order valence-electron chi connectivity index (χ0n) is 24.6. The van der Waals surface area contributed by atoms with E-state index in [1.54, 1.807) is 30.3 Å². The number of nitrogens with one attached hydrogen (secondary N) is 1. The van der Waals surface area contributed by atoms with Crippen molar-refractivity contribution in [2.45, 2.75) is 77.9 Å². The Balaban J connectivity index is 2.09. The maximum absolute atomic E-state index is 14.2. The summed E-state index contributed by atoms with van der Waals surface area (Å²) in [6, 6.07) is 20.5. The second kappa shape index (κ2) is 12.7. The van der Waals surface area contributed by atoms with Crippen LogP contribution in [0.15, 0.2) is 77.7 Å². The van der Waals surface area contributed by atoms with Crippen LogP contribution in [0.4, 0.5) is 5.69 Å². The van der Waals surface area contributed by atoms with Crippen molar-refractivity contribution in [1.82, 2.24) is 10.2 Å². The second-order valence-corrected chi connectivity index (χ2v) is 13.2. The van der Waals surface area contributed by atoms with Crippen molar-refractivity contribution in [3.05, 3.63) is 95.1 Å². The lowest BCUT2D eigenvalue weighted by Crippen LogP contribution is -2.55. The zero-order chi connectivity index (χ0) is 29.7. The molecule has 0 aliphatic heterocycles. The summed E-state index contributed by atoms with van der Waals surface area (Å²) < 4.78 is 29.0. The summed E-state index contributed by atoms with van der Waals surface area (Å²) in [6.07, 6.45) is 0.370. The summed E-state index contributed by atoms with van der Waals surface area (Å²) >= 11 is 0. The molecule has 214 valence electrons. The van der Waals surface area contributed by atoms with Crippen molar-refractivity contribution in [1.29, 1.82) is 0 Å². The maximum atomic E-state index is 14.2. The number of aryl methyl sites for hydroxylation is 3. The fourth-order valence-electron chi connectivity index (χ4n) is 4.61. The summed E-state index contributed by atoms with van der Waals surface area (Å²) in [5.74, 6) is -0.741. The minimum atomic E-state index is -4.09. The first kappa shape index (κ1) is 30.9. The van der Waals surface area contributed by atoms with Crippen LogP contribution in [0.5, 0.6) is 0 Å². The van der Waals surface area contributed by atoms with Gasteiger partial charge in [-0.1, -0.05) is 61.0 Å². The highest BCUT2D eigenvalue weighted by molar-refractivity contribution is 7.92. The van der Waals surface area contributed by atoms with E-state index >= 15 is 0 Å². The van der Waals surface area contributed by atoms with Crippen molar-refractivity contribution in [2.24, 2.45) is 0 Å². The predicted octanol–water partition coefficient (Wildman–Crippen LogP) is 5.53. The monoisotopic (exact) mass is 563 g/mol.